The van der Waals surface area contributed by atoms with Crippen LogP contribution >= 0.6 is 0 Å². The lowest BCUT2D eigenvalue weighted by Gasteiger charge is -2.55. The van der Waals surface area contributed by atoms with Gasteiger partial charge in [-0.1, -0.05) is 6.07 Å². The summed E-state index contributed by atoms with van der Waals surface area (Å²) in [5.74, 6) is 1.99. The molecular weight excluding hydrogens is 392 g/mol. The van der Waals surface area contributed by atoms with Crippen molar-refractivity contribution >= 4 is 23.5 Å². The van der Waals surface area contributed by atoms with Gasteiger partial charge in [0.05, 0.1) is 12.7 Å². The number of benzene rings is 1. The van der Waals surface area contributed by atoms with E-state index in [9.17, 15) is 14.4 Å². The van der Waals surface area contributed by atoms with Crippen molar-refractivity contribution in [2.24, 2.45) is 23.2 Å². The first-order chi connectivity index (χ1) is 15.0. The van der Waals surface area contributed by atoms with E-state index < -0.39 is 0 Å². The van der Waals surface area contributed by atoms with Gasteiger partial charge in [0.25, 0.3) is 0 Å². The number of nitrogens with zero attached hydrogens (tertiary/aromatic N) is 1. The minimum atomic E-state index is -0.367. The van der Waals surface area contributed by atoms with Crippen molar-refractivity contribution in [1.29, 1.82) is 0 Å². The Balaban J connectivity index is 1.21. The Morgan fingerprint density at radius 2 is 1.77 bits per heavy atom. The smallest absolute Gasteiger partial charge is 0.338 e. The molecule has 4 fully saturated rings. The second kappa shape index (κ2) is 7.95. The predicted octanol–water partition coefficient (Wildman–Crippen LogP) is 3.48. The number of amides is 2. The predicted molar refractivity (Wildman–Crippen MR) is 117 cm³/mol. The number of hydrogen-bond acceptors (Lipinski definition) is 4. The van der Waals surface area contributed by atoms with E-state index in [0.29, 0.717) is 18.7 Å². The number of fused-ring (bicyclic) bond motifs is 1. The summed E-state index contributed by atoms with van der Waals surface area (Å²) in [4.78, 5) is 40.0. The minimum Gasteiger partial charge on any atom is -0.465 e. The molecule has 1 aromatic rings. The fourth-order valence-corrected chi connectivity index (χ4v) is 7.18. The molecule has 4 aliphatic carbocycles. The zero-order chi connectivity index (χ0) is 21.6. The normalized spacial score (nSPS) is 30.6. The number of methoxy groups -OCH3 is 1. The van der Waals surface area contributed by atoms with Crippen molar-refractivity contribution in [3.05, 3.63) is 29.3 Å². The van der Waals surface area contributed by atoms with Crippen molar-refractivity contribution in [3.63, 3.8) is 0 Å². The van der Waals surface area contributed by atoms with E-state index in [1.54, 1.807) is 17.0 Å². The van der Waals surface area contributed by atoms with Gasteiger partial charge in [-0.15, -0.1) is 0 Å². The topological polar surface area (TPSA) is 75.7 Å². The first-order valence-electron chi connectivity index (χ1n) is 11.8. The molecule has 6 nitrogen and oxygen atoms in total. The lowest BCUT2D eigenvalue weighted by Crippen LogP contribution is -2.53. The zero-order valence-electron chi connectivity index (χ0n) is 18.3. The fourth-order valence-electron chi connectivity index (χ4n) is 7.18. The number of esters is 1. The van der Waals surface area contributed by atoms with Crippen LogP contribution < -0.4 is 10.2 Å². The highest BCUT2D eigenvalue weighted by molar-refractivity contribution is 5.99. The van der Waals surface area contributed by atoms with E-state index in [4.69, 9.17) is 4.74 Å². The molecule has 1 aliphatic heterocycles. The van der Waals surface area contributed by atoms with Crippen molar-refractivity contribution in [2.45, 2.75) is 57.8 Å². The molecular formula is C25H32N2O4. The molecule has 5 aliphatic rings. The van der Waals surface area contributed by atoms with Crippen LogP contribution in [0.3, 0.4) is 0 Å². The number of ether oxygens (including phenoxy) is 1. The van der Waals surface area contributed by atoms with Crippen molar-refractivity contribution in [2.75, 3.05) is 25.1 Å². The molecule has 4 saturated carbocycles. The van der Waals surface area contributed by atoms with E-state index in [2.05, 4.69) is 5.32 Å². The molecule has 4 bridgehead atoms. The Bertz CT molecular complexity index is 873. The maximum absolute atomic E-state index is 13.1. The van der Waals surface area contributed by atoms with Gasteiger partial charge in [0.15, 0.2) is 0 Å². The molecule has 31 heavy (non-hydrogen) atoms. The summed E-state index contributed by atoms with van der Waals surface area (Å²) in [7, 11) is 1.37. The Morgan fingerprint density at radius 3 is 2.42 bits per heavy atom. The SMILES string of the molecule is COC(=O)c1cccc2c1CCCN2C(=O)CCNC(=O)C12CC3CC(CC(C3)C1)C2. The largest absolute Gasteiger partial charge is 0.465 e. The Kier molecular flexibility index (Phi) is 5.27. The van der Waals surface area contributed by atoms with Crippen molar-refractivity contribution in [1.82, 2.24) is 5.32 Å². The Morgan fingerprint density at radius 1 is 1.10 bits per heavy atom. The van der Waals surface area contributed by atoms with Crippen LogP contribution in [-0.2, 0) is 20.7 Å². The average Bonchev–Trinajstić information content (AvgIpc) is 2.76. The number of carbonyl (C=O) groups is 3. The average molecular weight is 425 g/mol. The lowest BCUT2D eigenvalue weighted by molar-refractivity contribution is -0.146. The number of anilines is 1. The van der Waals surface area contributed by atoms with Crippen LogP contribution in [0.5, 0.6) is 0 Å². The highest BCUT2D eigenvalue weighted by Crippen LogP contribution is 2.60. The molecule has 0 spiro atoms. The number of nitrogens with one attached hydrogen (secondary N) is 1. The first-order valence-corrected chi connectivity index (χ1v) is 11.8. The van der Waals surface area contributed by atoms with Crippen LogP contribution in [0.2, 0.25) is 0 Å². The molecule has 0 radical (unpaired) electrons. The van der Waals surface area contributed by atoms with Gasteiger partial charge < -0.3 is 15.0 Å². The molecule has 1 heterocycles. The first kappa shape index (κ1) is 20.5. The third kappa shape index (κ3) is 3.64. The molecule has 0 saturated heterocycles. The van der Waals surface area contributed by atoms with Crippen LogP contribution in [0, 0.1) is 23.2 Å². The van der Waals surface area contributed by atoms with E-state index >= 15 is 0 Å². The molecule has 166 valence electrons. The summed E-state index contributed by atoms with van der Waals surface area (Å²) in [5.41, 5.74) is 2.04. The molecule has 0 aromatic heterocycles. The fraction of sp³-hybridized carbons (Fsp3) is 0.640. The molecule has 0 unspecified atom stereocenters. The van der Waals surface area contributed by atoms with Crippen LogP contribution in [0.4, 0.5) is 5.69 Å². The zero-order valence-corrected chi connectivity index (χ0v) is 18.3. The van der Waals surface area contributed by atoms with E-state index in [0.717, 1.165) is 61.1 Å². The van der Waals surface area contributed by atoms with Crippen molar-refractivity contribution < 1.29 is 19.1 Å². The van der Waals surface area contributed by atoms with Gasteiger partial charge in [-0.2, -0.15) is 0 Å². The summed E-state index contributed by atoms with van der Waals surface area (Å²) < 4.78 is 4.90. The van der Waals surface area contributed by atoms with Gasteiger partial charge in [0, 0.05) is 30.6 Å². The van der Waals surface area contributed by atoms with Gasteiger partial charge in [0.2, 0.25) is 11.8 Å². The van der Waals surface area contributed by atoms with Gasteiger partial charge in [-0.3, -0.25) is 9.59 Å². The maximum atomic E-state index is 13.1. The van der Waals surface area contributed by atoms with E-state index in [1.807, 2.05) is 6.07 Å². The third-order valence-corrected chi connectivity index (χ3v) is 8.10. The summed E-state index contributed by atoms with van der Waals surface area (Å²) in [6.45, 7) is 1.02. The number of carbonyl (C=O) groups excluding carboxylic acids is 3. The highest BCUT2D eigenvalue weighted by Gasteiger charge is 2.54. The van der Waals surface area contributed by atoms with Gasteiger partial charge >= 0.3 is 5.97 Å². The quantitative estimate of drug-likeness (QED) is 0.735. The molecule has 1 aromatic carbocycles. The van der Waals surface area contributed by atoms with Crippen LogP contribution in [0.15, 0.2) is 18.2 Å². The molecule has 2 amide bonds. The molecule has 1 N–H and O–H groups in total. The van der Waals surface area contributed by atoms with Gasteiger partial charge in [0.1, 0.15) is 0 Å². The van der Waals surface area contributed by atoms with E-state index in [1.165, 1.54) is 26.4 Å². The monoisotopic (exact) mass is 424 g/mol. The molecule has 0 atom stereocenters. The van der Waals surface area contributed by atoms with E-state index in [-0.39, 0.29) is 29.6 Å². The number of hydrogen-bond donors (Lipinski definition) is 1. The second-order valence-electron chi connectivity index (χ2n) is 10.1. The summed E-state index contributed by atoms with van der Waals surface area (Å²) in [6, 6.07) is 5.45. The highest BCUT2D eigenvalue weighted by atomic mass is 16.5. The van der Waals surface area contributed by atoms with Crippen LogP contribution in [0.25, 0.3) is 0 Å². The van der Waals surface area contributed by atoms with Gasteiger partial charge in [-0.05, 0) is 86.8 Å². The summed E-state index contributed by atoms with van der Waals surface area (Å²) >= 11 is 0. The molecule has 6 rings (SSSR count). The second-order valence-corrected chi connectivity index (χ2v) is 10.1. The van der Waals surface area contributed by atoms with Gasteiger partial charge in [-0.25, -0.2) is 4.79 Å². The summed E-state index contributed by atoms with van der Waals surface area (Å²) in [5, 5.41) is 3.11. The van der Waals surface area contributed by atoms with Crippen molar-refractivity contribution in [3.8, 4) is 0 Å². The lowest BCUT2D eigenvalue weighted by atomic mass is 9.49. The third-order valence-electron chi connectivity index (χ3n) is 8.10. The minimum absolute atomic E-state index is 0.00576. The number of rotatable bonds is 5. The Labute approximate surface area is 183 Å². The standard InChI is InChI=1S/C25H32N2O4/c1-31-23(29)20-4-2-6-21-19(20)5-3-9-27(21)22(28)7-8-26-24(30)25-13-16-10-17(14-25)12-18(11-16)15-25/h2,4,6,16-18H,3,5,7-15H2,1H3,(H,26,30). The van der Waals surface area contributed by atoms with Crippen LogP contribution in [0.1, 0.15) is 67.3 Å². The van der Waals surface area contributed by atoms with Crippen LogP contribution in [-0.4, -0.2) is 38.0 Å². The Hall–Kier alpha value is -2.37. The molecule has 6 heteroatoms. The maximum Gasteiger partial charge on any atom is 0.338 e. The summed E-state index contributed by atoms with van der Waals surface area (Å²) in [6.07, 6.45) is 8.89.